The molecule has 5 rings (SSSR count). The number of hydrogen-bond acceptors (Lipinski definition) is 2. The number of rotatable bonds is 8. The van der Waals surface area contributed by atoms with Gasteiger partial charge in [-0.3, -0.25) is 4.98 Å². The number of benzene rings is 1. The number of aliphatic hydroxyl groups excluding tert-OH is 1. The average Bonchev–Trinajstić information content (AvgIpc) is 3.49. The summed E-state index contributed by atoms with van der Waals surface area (Å²) in [5, 5.41) is 7.00. The lowest BCUT2D eigenvalue weighted by molar-refractivity contribution is 0.328. The van der Waals surface area contributed by atoms with Gasteiger partial charge in [0.1, 0.15) is 0 Å². The molecule has 2 fully saturated rings. The average molecular weight is 620 g/mol. The predicted octanol–water partition coefficient (Wildman–Crippen LogP) is 11.4. The predicted molar refractivity (Wildman–Crippen MR) is 199 cm³/mol. The van der Waals surface area contributed by atoms with Crippen LogP contribution in [0.15, 0.2) is 72.1 Å². The molecule has 2 aromatic rings. The van der Waals surface area contributed by atoms with Gasteiger partial charge in [-0.2, -0.15) is 0 Å². The van der Waals surface area contributed by atoms with Crippen LogP contribution >= 0.6 is 0 Å². The van der Waals surface area contributed by atoms with Gasteiger partial charge in [0.25, 0.3) is 0 Å². The van der Waals surface area contributed by atoms with Gasteiger partial charge in [0.2, 0.25) is 0 Å². The maximum Gasteiger partial charge on any atom is 0.0319 e. The minimum atomic E-state index is 0. The molecular weight excluding hydrogens is 550 g/mol. The molecule has 0 aliphatic heterocycles. The van der Waals surface area contributed by atoms with Crippen molar-refractivity contribution in [3.05, 3.63) is 99.9 Å². The van der Waals surface area contributed by atoms with Gasteiger partial charge in [0, 0.05) is 25.4 Å². The molecule has 0 saturated heterocycles. The number of hydrogen-bond donors (Lipinski definition) is 1. The molecule has 0 amide bonds. The summed E-state index contributed by atoms with van der Waals surface area (Å²) in [5.74, 6) is 2.48. The lowest BCUT2D eigenvalue weighted by Gasteiger charge is -2.32. The topological polar surface area (TPSA) is 64.6 Å². The molecule has 1 aromatic heterocycles. The molecule has 1 heterocycles. The molecule has 3 heteroatoms. The Labute approximate surface area is 278 Å². The van der Waals surface area contributed by atoms with Crippen molar-refractivity contribution < 1.29 is 10.6 Å². The molecule has 3 N–H and O–H groups in total. The molecule has 2 saturated carbocycles. The van der Waals surface area contributed by atoms with Crippen molar-refractivity contribution in [1.82, 2.24) is 4.98 Å². The molecule has 3 aliphatic rings. The fourth-order valence-electron chi connectivity index (χ4n) is 7.01. The Hall–Kier alpha value is -2.49. The van der Waals surface area contributed by atoms with E-state index in [0.717, 1.165) is 31.3 Å². The van der Waals surface area contributed by atoms with E-state index in [4.69, 9.17) is 5.11 Å². The number of allylic oxidation sites excluding steroid dienone is 5. The third-order valence-corrected chi connectivity index (χ3v) is 9.60. The van der Waals surface area contributed by atoms with Gasteiger partial charge in [0.15, 0.2) is 0 Å². The molecule has 3 nitrogen and oxygen atoms in total. The molecule has 3 aliphatic carbocycles. The largest absolute Gasteiger partial charge is 0.412 e. The minimum Gasteiger partial charge on any atom is -0.412 e. The molecule has 0 spiro atoms. The summed E-state index contributed by atoms with van der Waals surface area (Å²) >= 11 is 0. The standard InChI is InChI=1S/C27H37N.C10H14.2C2H6.CH4O.H2O/c1-21(7-5-10-22-8-3-2-4-9-22)25-16-17-27-24(14-15-26(27)19-25)13-12-23-11-6-18-28-20-23;1-7-5-8(2)10(4)9(3)6-7;3*1-2;/h6,11,14-15,18,20,22,25,27H,1-5,7-10,12-13,16-17,19H2;5-6H,1-4H3;2*1-2H3;2H,1H3;1H2. The SMILES string of the molecule is C=C(CCCC1CCCCC1)C1CCC2C(CCc3cccnc3)=CC=C2C1.CC.CC.CO.Cc1cc(C)c(C)c(C)c1.O. The van der Waals surface area contributed by atoms with Crippen LogP contribution < -0.4 is 0 Å². The van der Waals surface area contributed by atoms with Crippen LogP contribution in [-0.4, -0.2) is 22.7 Å². The Bertz CT molecular complexity index is 1100. The highest BCUT2D eigenvalue weighted by Gasteiger charge is 2.31. The van der Waals surface area contributed by atoms with Gasteiger partial charge in [-0.05, 0) is 113 Å². The van der Waals surface area contributed by atoms with Gasteiger partial charge in [-0.1, -0.05) is 125 Å². The molecule has 0 radical (unpaired) electrons. The van der Waals surface area contributed by atoms with Crippen molar-refractivity contribution in [2.75, 3.05) is 7.11 Å². The van der Waals surface area contributed by atoms with Crippen LogP contribution in [0, 0.1) is 45.4 Å². The molecule has 1 aromatic carbocycles. The third kappa shape index (κ3) is 14.6. The smallest absolute Gasteiger partial charge is 0.0319 e. The highest BCUT2D eigenvalue weighted by atomic mass is 16.2. The number of aromatic nitrogens is 1. The van der Waals surface area contributed by atoms with Crippen LogP contribution in [0.1, 0.15) is 133 Å². The summed E-state index contributed by atoms with van der Waals surface area (Å²) in [6.45, 7) is 21.2. The number of aliphatic hydroxyl groups is 1. The van der Waals surface area contributed by atoms with Crippen LogP contribution in [0.25, 0.3) is 0 Å². The molecular formula is C42H69NO2. The second kappa shape index (κ2) is 24.7. The number of aryl methyl sites for hydroxylation is 4. The van der Waals surface area contributed by atoms with Crippen molar-refractivity contribution in [3.63, 3.8) is 0 Å². The van der Waals surface area contributed by atoms with E-state index in [9.17, 15) is 0 Å². The first kappa shape index (κ1) is 42.5. The number of fused-ring (bicyclic) bond motifs is 1. The highest BCUT2D eigenvalue weighted by Crippen LogP contribution is 2.45. The quantitative estimate of drug-likeness (QED) is 0.299. The van der Waals surface area contributed by atoms with E-state index in [-0.39, 0.29) is 5.48 Å². The molecule has 45 heavy (non-hydrogen) atoms. The summed E-state index contributed by atoms with van der Waals surface area (Å²) in [6.07, 6.45) is 26.4. The lowest BCUT2D eigenvalue weighted by atomic mass is 9.73. The van der Waals surface area contributed by atoms with E-state index in [0.29, 0.717) is 0 Å². The summed E-state index contributed by atoms with van der Waals surface area (Å²) in [5.41, 5.74) is 11.8. The van der Waals surface area contributed by atoms with Crippen LogP contribution in [0.5, 0.6) is 0 Å². The van der Waals surface area contributed by atoms with Crippen molar-refractivity contribution in [2.45, 2.75) is 139 Å². The van der Waals surface area contributed by atoms with E-state index in [1.807, 2.05) is 46.2 Å². The van der Waals surface area contributed by atoms with Crippen molar-refractivity contribution in [3.8, 4) is 0 Å². The van der Waals surface area contributed by atoms with Crippen molar-refractivity contribution in [2.24, 2.45) is 17.8 Å². The van der Waals surface area contributed by atoms with Gasteiger partial charge in [0.05, 0.1) is 0 Å². The second-order valence-electron chi connectivity index (χ2n) is 12.5. The molecule has 2 atom stereocenters. The van der Waals surface area contributed by atoms with Crippen LogP contribution in [0.3, 0.4) is 0 Å². The Morgan fingerprint density at radius 2 is 1.51 bits per heavy atom. The first-order valence-electron chi connectivity index (χ1n) is 17.9. The number of pyridine rings is 1. The molecule has 0 bridgehead atoms. The zero-order valence-electron chi connectivity index (χ0n) is 30.6. The fourth-order valence-corrected chi connectivity index (χ4v) is 7.01. The number of nitrogens with zero attached hydrogens (tertiary/aromatic N) is 1. The monoisotopic (exact) mass is 620 g/mol. The summed E-state index contributed by atoms with van der Waals surface area (Å²) in [6, 6.07) is 8.70. The summed E-state index contributed by atoms with van der Waals surface area (Å²) in [4.78, 5) is 4.25. The third-order valence-electron chi connectivity index (χ3n) is 9.60. The summed E-state index contributed by atoms with van der Waals surface area (Å²) in [7, 11) is 1.00. The van der Waals surface area contributed by atoms with Crippen molar-refractivity contribution >= 4 is 0 Å². The minimum absolute atomic E-state index is 0. The van der Waals surface area contributed by atoms with Gasteiger partial charge < -0.3 is 10.6 Å². The van der Waals surface area contributed by atoms with Gasteiger partial charge in [-0.15, -0.1) is 0 Å². The molecule has 2 unspecified atom stereocenters. The van der Waals surface area contributed by atoms with Gasteiger partial charge >= 0.3 is 0 Å². The Kier molecular flexibility index (Phi) is 23.3. The van der Waals surface area contributed by atoms with E-state index < -0.39 is 0 Å². The fraction of sp³-hybridized carbons (Fsp3) is 0.595. The van der Waals surface area contributed by atoms with E-state index in [2.05, 4.69) is 69.6 Å². The van der Waals surface area contributed by atoms with Crippen LogP contribution in [-0.2, 0) is 6.42 Å². The van der Waals surface area contributed by atoms with E-state index >= 15 is 0 Å². The Balaban J connectivity index is 0.000000959. The maximum atomic E-state index is 7.00. The van der Waals surface area contributed by atoms with E-state index in [1.54, 1.807) is 16.7 Å². The van der Waals surface area contributed by atoms with Crippen LogP contribution in [0.2, 0.25) is 0 Å². The Morgan fingerprint density at radius 3 is 2.11 bits per heavy atom. The zero-order chi connectivity index (χ0) is 32.9. The highest BCUT2D eigenvalue weighted by molar-refractivity contribution is 5.38. The maximum absolute atomic E-state index is 7.00. The first-order chi connectivity index (χ1) is 21.4. The normalized spacial score (nSPS) is 18.3. The zero-order valence-corrected chi connectivity index (χ0v) is 30.6. The van der Waals surface area contributed by atoms with Crippen LogP contribution in [0.4, 0.5) is 0 Å². The second-order valence-corrected chi connectivity index (χ2v) is 12.5. The summed E-state index contributed by atoms with van der Waals surface area (Å²) < 4.78 is 0. The molecule has 254 valence electrons. The van der Waals surface area contributed by atoms with E-state index in [1.165, 1.54) is 105 Å². The van der Waals surface area contributed by atoms with Gasteiger partial charge in [-0.25, -0.2) is 0 Å². The van der Waals surface area contributed by atoms with Crippen molar-refractivity contribution in [1.29, 1.82) is 0 Å². The lowest BCUT2D eigenvalue weighted by Crippen LogP contribution is -2.19. The Morgan fingerprint density at radius 1 is 0.867 bits per heavy atom. The first-order valence-corrected chi connectivity index (χ1v) is 17.9.